The summed E-state index contributed by atoms with van der Waals surface area (Å²) in [5.74, 6) is -2.92. The van der Waals surface area contributed by atoms with Crippen molar-refractivity contribution in [1.82, 2.24) is 0 Å². The largest absolute Gasteiger partial charge is 0.468 e. The van der Waals surface area contributed by atoms with Crippen molar-refractivity contribution < 1.29 is 18.3 Å². The fourth-order valence-electron chi connectivity index (χ4n) is 1.07. The molecule has 1 aromatic carbocycles. The fourth-order valence-corrected chi connectivity index (χ4v) is 1.24. The van der Waals surface area contributed by atoms with Crippen LogP contribution in [0, 0.1) is 11.6 Å². The van der Waals surface area contributed by atoms with Crippen LogP contribution in [0.5, 0.6) is 0 Å². The standard InChI is InChI=1S/C9H8ClF2NO2/c1-15-9(14)8(13)6-5(11)3-2-4(10)7(6)12/h2-3,8H,13H2,1H3/t8-/m1/s1. The molecule has 6 heteroatoms. The van der Waals surface area contributed by atoms with E-state index in [1.54, 1.807) is 0 Å². The van der Waals surface area contributed by atoms with E-state index >= 15 is 0 Å². The molecule has 2 N–H and O–H groups in total. The Morgan fingerprint density at radius 2 is 2.13 bits per heavy atom. The van der Waals surface area contributed by atoms with E-state index in [4.69, 9.17) is 17.3 Å². The molecular formula is C9H8ClF2NO2. The zero-order valence-corrected chi connectivity index (χ0v) is 8.52. The van der Waals surface area contributed by atoms with Crippen LogP contribution < -0.4 is 5.73 Å². The van der Waals surface area contributed by atoms with Crippen LogP contribution in [-0.2, 0) is 9.53 Å². The SMILES string of the molecule is COC(=O)[C@H](N)c1c(F)ccc(Cl)c1F. The Morgan fingerprint density at radius 3 is 2.67 bits per heavy atom. The van der Waals surface area contributed by atoms with E-state index < -0.39 is 29.2 Å². The van der Waals surface area contributed by atoms with E-state index in [-0.39, 0.29) is 5.02 Å². The molecule has 15 heavy (non-hydrogen) atoms. The lowest BCUT2D eigenvalue weighted by Gasteiger charge is -2.12. The Morgan fingerprint density at radius 1 is 1.53 bits per heavy atom. The van der Waals surface area contributed by atoms with Crippen molar-refractivity contribution in [3.63, 3.8) is 0 Å². The molecule has 1 atom stereocenters. The number of benzene rings is 1. The van der Waals surface area contributed by atoms with Gasteiger partial charge in [0.25, 0.3) is 0 Å². The van der Waals surface area contributed by atoms with Crippen LogP contribution in [0.25, 0.3) is 0 Å². The molecule has 0 amide bonds. The summed E-state index contributed by atoms with van der Waals surface area (Å²) in [6.07, 6.45) is 0. The number of carbonyl (C=O) groups is 1. The average molecular weight is 236 g/mol. The second kappa shape index (κ2) is 4.55. The van der Waals surface area contributed by atoms with Gasteiger partial charge in [-0.05, 0) is 12.1 Å². The Labute approximate surface area is 89.8 Å². The van der Waals surface area contributed by atoms with Gasteiger partial charge in [0, 0.05) is 0 Å². The predicted octanol–water partition coefficient (Wildman–Crippen LogP) is 1.79. The van der Waals surface area contributed by atoms with Crippen LogP contribution in [0.3, 0.4) is 0 Å². The highest BCUT2D eigenvalue weighted by molar-refractivity contribution is 6.30. The van der Waals surface area contributed by atoms with Crippen molar-refractivity contribution in [1.29, 1.82) is 0 Å². The van der Waals surface area contributed by atoms with Gasteiger partial charge in [-0.25, -0.2) is 8.78 Å². The summed E-state index contributed by atoms with van der Waals surface area (Å²) in [5.41, 5.74) is 4.72. The van der Waals surface area contributed by atoms with Crippen molar-refractivity contribution >= 4 is 17.6 Å². The Hall–Kier alpha value is -1.20. The van der Waals surface area contributed by atoms with Crippen molar-refractivity contribution in [3.8, 4) is 0 Å². The number of esters is 1. The molecule has 0 spiro atoms. The summed E-state index contributed by atoms with van der Waals surface area (Å²) in [6.45, 7) is 0. The molecule has 0 heterocycles. The number of halogens is 3. The molecule has 0 aliphatic heterocycles. The van der Waals surface area contributed by atoms with E-state index in [9.17, 15) is 13.6 Å². The number of carbonyl (C=O) groups excluding carboxylic acids is 1. The van der Waals surface area contributed by atoms with Gasteiger partial charge in [0.1, 0.15) is 17.7 Å². The highest BCUT2D eigenvalue weighted by atomic mass is 35.5. The minimum atomic E-state index is -1.52. The van der Waals surface area contributed by atoms with E-state index in [2.05, 4.69) is 4.74 Å². The van der Waals surface area contributed by atoms with Crippen LogP contribution in [-0.4, -0.2) is 13.1 Å². The number of nitrogens with two attached hydrogens (primary N) is 1. The first kappa shape index (κ1) is 11.9. The van der Waals surface area contributed by atoms with Crippen LogP contribution in [0.2, 0.25) is 5.02 Å². The van der Waals surface area contributed by atoms with Crippen LogP contribution in [0.4, 0.5) is 8.78 Å². The molecule has 0 bridgehead atoms. The summed E-state index contributed by atoms with van der Waals surface area (Å²) in [6, 6.07) is 0.456. The summed E-state index contributed by atoms with van der Waals surface area (Å²) in [5, 5.41) is -0.300. The van der Waals surface area contributed by atoms with Crippen LogP contribution >= 0.6 is 11.6 Å². The molecule has 0 radical (unpaired) electrons. The maximum atomic E-state index is 13.3. The third-order valence-corrected chi connectivity index (χ3v) is 2.14. The Kier molecular flexibility index (Phi) is 3.60. The molecule has 0 aliphatic carbocycles. The fraction of sp³-hybridized carbons (Fsp3) is 0.222. The minimum absolute atomic E-state index is 0.300. The lowest BCUT2D eigenvalue weighted by molar-refractivity contribution is -0.142. The van der Waals surface area contributed by atoms with E-state index in [1.165, 1.54) is 0 Å². The van der Waals surface area contributed by atoms with Gasteiger partial charge in [-0.2, -0.15) is 0 Å². The van der Waals surface area contributed by atoms with E-state index in [0.717, 1.165) is 19.2 Å². The van der Waals surface area contributed by atoms with Gasteiger partial charge < -0.3 is 10.5 Å². The maximum absolute atomic E-state index is 13.3. The monoisotopic (exact) mass is 235 g/mol. The number of rotatable bonds is 2. The molecule has 1 rings (SSSR count). The van der Waals surface area contributed by atoms with Gasteiger partial charge in [0.2, 0.25) is 0 Å². The molecule has 82 valence electrons. The van der Waals surface area contributed by atoms with Gasteiger partial charge in [-0.1, -0.05) is 11.6 Å². The second-order valence-electron chi connectivity index (χ2n) is 2.76. The average Bonchev–Trinajstić information content (AvgIpc) is 2.22. The number of hydrogen-bond donors (Lipinski definition) is 1. The molecular weight excluding hydrogens is 228 g/mol. The highest BCUT2D eigenvalue weighted by Crippen LogP contribution is 2.25. The molecule has 3 nitrogen and oxygen atoms in total. The van der Waals surface area contributed by atoms with Crippen molar-refractivity contribution in [2.75, 3.05) is 7.11 Å². The van der Waals surface area contributed by atoms with E-state index in [1.807, 2.05) is 0 Å². The van der Waals surface area contributed by atoms with Gasteiger partial charge in [-0.15, -0.1) is 0 Å². The molecule has 0 saturated carbocycles. The third kappa shape index (κ3) is 2.24. The lowest BCUT2D eigenvalue weighted by Crippen LogP contribution is -2.25. The van der Waals surface area contributed by atoms with Gasteiger partial charge in [0.05, 0.1) is 17.7 Å². The number of methoxy groups -OCH3 is 1. The Balaban J connectivity index is 3.24. The Bertz CT molecular complexity index is 398. The first-order valence-corrected chi connectivity index (χ1v) is 4.33. The van der Waals surface area contributed by atoms with Gasteiger partial charge >= 0.3 is 5.97 Å². The predicted molar refractivity (Wildman–Crippen MR) is 50.3 cm³/mol. The molecule has 0 fully saturated rings. The third-order valence-electron chi connectivity index (χ3n) is 1.85. The quantitative estimate of drug-likeness (QED) is 0.628. The van der Waals surface area contributed by atoms with Crippen LogP contribution in [0.15, 0.2) is 12.1 Å². The molecule has 1 aromatic rings. The van der Waals surface area contributed by atoms with Crippen molar-refractivity contribution in [3.05, 3.63) is 34.4 Å². The molecule has 0 unspecified atom stereocenters. The smallest absolute Gasteiger partial charge is 0.327 e. The van der Waals surface area contributed by atoms with E-state index in [0.29, 0.717) is 0 Å². The molecule has 0 aliphatic rings. The summed E-state index contributed by atoms with van der Waals surface area (Å²) >= 11 is 5.43. The zero-order chi connectivity index (χ0) is 11.6. The van der Waals surface area contributed by atoms with Crippen molar-refractivity contribution in [2.45, 2.75) is 6.04 Å². The molecule has 0 saturated heterocycles. The van der Waals surface area contributed by atoms with Gasteiger partial charge in [-0.3, -0.25) is 4.79 Å². The molecule has 0 aromatic heterocycles. The summed E-state index contributed by atoms with van der Waals surface area (Å²) < 4.78 is 30.8. The summed E-state index contributed by atoms with van der Waals surface area (Å²) in [7, 11) is 1.07. The van der Waals surface area contributed by atoms with Crippen LogP contribution in [0.1, 0.15) is 11.6 Å². The first-order valence-electron chi connectivity index (χ1n) is 3.95. The topological polar surface area (TPSA) is 52.3 Å². The normalized spacial score (nSPS) is 12.3. The minimum Gasteiger partial charge on any atom is -0.468 e. The second-order valence-corrected chi connectivity index (χ2v) is 3.16. The number of hydrogen-bond acceptors (Lipinski definition) is 3. The number of ether oxygens (including phenoxy) is 1. The maximum Gasteiger partial charge on any atom is 0.327 e. The highest BCUT2D eigenvalue weighted by Gasteiger charge is 2.25. The lowest BCUT2D eigenvalue weighted by atomic mass is 10.1. The van der Waals surface area contributed by atoms with Crippen molar-refractivity contribution in [2.24, 2.45) is 5.73 Å². The summed E-state index contributed by atoms with van der Waals surface area (Å²) in [4.78, 5) is 11.0. The first-order chi connectivity index (χ1) is 6.99. The zero-order valence-electron chi connectivity index (χ0n) is 7.76. The van der Waals surface area contributed by atoms with Gasteiger partial charge in [0.15, 0.2) is 0 Å².